The smallest absolute Gasteiger partial charge is 0.322 e. The first kappa shape index (κ1) is 14.6. The molecule has 23 heavy (non-hydrogen) atoms. The van der Waals surface area contributed by atoms with E-state index >= 15 is 0 Å². The van der Waals surface area contributed by atoms with Crippen molar-refractivity contribution in [2.45, 2.75) is 44.8 Å². The molecule has 0 unspecified atom stereocenters. The monoisotopic (exact) mass is 318 g/mol. The van der Waals surface area contributed by atoms with Gasteiger partial charge in [-0.2, -0.15) is 0 Å². The highest BCUT2D eigenvalue weighted by Crippen LogP contribution is 2.37. The molecule has 0 aliphatic carbocycles. The van der Waals surface area contributed by atoms with Gasteiger partial charge in [0.05, 0.1) is 12.1 Å². The number of carbonyl (C=O) groups excluding carboxylic acids is 1. The summed E-state index contributed by atoms with van der Waals surface area (Å²) in [6.45, 7) is 3.80. The lowest BCUT2D eigenvalue weighted by molar-refractivity contribution is 0.0543. The summed E-state index contributed by atoms with van der Waals surface area (Å²) in [5, 5.41) is 3.03. The first-order valence-corrected chi connectivity index (χ1v) is 8.32. The Morgan fingerprint density at radius 3 is 2.83 bits per heavy atom. The number of aryl methyl sites for hydroxylation is 1. The second kappa shape index (κ2) is 5.92. The summed E-state index contributed by atoms with van der Waals surface area (Å²) in [6.07, 6.45) is 4.41. The molecule has 4 rings (SSSR count). The number of benzene rings is 1. The number of ether oxygens (including phenoxy) is 3. The molecule has 1 aromatic rings. The van der Waals surface area contributed by atoms with Crippen LogP contribution in [0, 0.1) is 6.92 Å². The van der Waals surface area contributed by atoms with Crippen LogP contribution in [0.5, 0.6) is 11.5 Å². The summed E-state index contributed by atoms with van der Waals surface area (Å²) in [6, 6.07) is 3.89. The predicted octanol–water partition coefficient (Wildman–Crippen LogP) is 2.90. The molecular formula is C17H22N2O4. The number of likely N-dealkylation sites (tertiary alicyclic amines) is 1. The van der Waals surface area contributed by atoms with Gasteiger partial charge >= 0.3 is 6.03 Å². The standard InChI is InChI=1S/C17H22N2O4/c1-11-8-15-16(23-10-22-15)9-12(11)18-17(20)19-6-2-4-13(19)14-5-3-7-21-14/h8-9,13-14H,2-7,10H2,1H3,(H,18,20)/t13-,14+/m1/s1. The van der Waals surface area contributed by atoms with Crippen LogP contribution in [0.1, 0.15) is 31.2 Å². The minimum atomic E-state index is -0.0510. The van der Waals surface area contributed by atoms with E-state index in [-0.39, 0.29) is 25.0 Å². The van der Waals surface area contributed by atoms with Crippen molar-refractivity contribution in [1.82, 2.24) is 4.90 Å². The summed E-state index contributed by atoms with van der Waals surface area (Å²) in [7, 11) is 0. The Morgan fingerprint density at radius 2 is 2.04 bits per heavy atom. The van der Waals surface area contributed by atoms with E-state index < -0.39 is 0 Å². The van der Waals surface area contributed by atoms with Crippen molar-refractivity contribution in [3.05, 3.63) is 17.7 Å². The molecule has 1 N–H and O–H groups in total. The molecule has 2 amide bonds. The Hall–Kier alpha value is -1.95. The van der Waals surface area contributed by atoms with Gasteiger partial charge in [0.25, 0.3) is 0 Å². The van der Waals surface area contributed by atoms with Gasteiger partial charge in [0.2, 0.25) is 6.79 Å². The van der Waals surface area contributed by atoms with Crippen molar-refractivity contribution in [1.29, 1.82) is 0 Å². The average molecular weight is 318 g/mol. The van der Waals surface area contributed by atoms with E-state index in [1.54, 1.807) is 0 Å². The molecule has 0 bridgehead atoms. The van der Waals surface area contributed by atoms with Crippen molar-refractivity contribution >= 4 is 11.7 Å². The number of amides is 2. The minimum absolute atomic E-state index is 0.0510. The van der Waals surface area contributed by atoms with Crippen LogP contribution in [0.15, 0.2) is 12.1 Å². The molecule has 0 aromatic heterocycles. The van der Waals surface area contributed by atoms with Crippen LogP contribution in [-0.2, 0) is 4.74 Å². The van der Waals surface area contributed by atoms with Gasteiger partial charge in [-0.15, -0.1) is 0 Å². The summed E-state index contributed by atoms with van der Waals surface area (Å²) < 4.78 is 16.6. The first-order valence-electron chi connectivity index (χ1n) is 8.32. The fourth-order valence-corrected chi connectivity index (χ4v) is 3.70. The summed E-state index contributed by atoms with van der Waals surface area (Å²) in [4.78, 5) is 14.7. The van der Waals surface area contributed by atoms with E-state index in [4.69, 9.17) is 14.2 Å². The highest BCUT2D eigenvalue weighted by Gasteiger charge is 2.37. The molecule has 0 radical (unpaired) electrons. The van der Waals surface area contributed by atoms with Crippen molar-refractivity contribution < 1.29 is 19.0 Å². The van der Waals surface area contributed by atoms with E-state index in [9.17, 15) is 4.79 Å². The van der Waals surface area contributed by atoms with Gasteiger partial charge in [0, 0.05) is 24.9 Å². The molecule has 6 heteroatoms. The maximum Gasteiger partial charge on any atom is 0.322 e. The minimum Gasteiger partial charge on any atom is -0.454 e. The van der Waals surface area contributed by atoms with E-state index in [0.717, 1.165) is 55.8 Å². The second-order valence-electron chi connectivity index (χ2n) is 6.40. The number of anilines is 1. The largest absolute Gasteiger partial charge is 0.454 e. The number of nitrogens with zero attached hydrogens (tertiary/aromatic N) is 1. The number of hydrogen-bond acceptors (Lipinski definition) is 4. The van der Waals surface area contributed by atoms with Gasteiger partial charge in [0.15, 0.2) is 11.5 Å². The van der Waals surface area contributed by atoms with Crippen LogP contribution in [0.2, 0.25) is 0 Å². The number of nitrogens with one attached hydrogen (secondary N) is 1. The molecule has 2 fully saturated rings. The van der Waals surface area contributed by atoms with Gasteiger partial charge < -0.3 is 24.4 Å². The van der Waals surface area contributed by atoms with E-state index in [0.29, 0.717) is 5.75 Å². The zero-order valence-corrected chi connectivity index (χ0v) is 13.3. The number of hydrogen-bond donors (Lipinski definition) is 1. The Bertz CT molecular complexity index is 613. The van der Waals surface area contributed by atoms with Crippen LogP contribution in [-0.4, -0.2) is 43.0 Å². The number of fused-ring (bicyclic) bond motifs is 1. The van der Waals surface area contributed by atoms with Gasteiger partial charge in [-0.3, -0.25) is 0 Å². The van der Waals surface area contributed by atoms with Crippen molar-refractivity contribution in [3.63, 3.8) is 0 Å². The Labute approximate surface area is 135 Å². The Balaban J connectivity index is 1.49. The third kappa shape index (κ3) is 2.72. The molecule has 124 valence electrons. The molecular weight excluding hydrogens is 296 g/mol. The summed E-state index contributed by atoms with van der Waals surface area (Å²) in [5.74, 6) is 1.42. The van der Waals surface area contributed by atoms with E-state index in [1.165, 1.54) is 0 Å². The average Bonchev–Trinajstić information content (AvgIpc) is 3.27. The summed E-state index contributed by atoms with van der Waals surface area (Å²) >= 11 is 0. The van der Waals surface area contributed by atoms with Crippen LogP contribution in [0.4, 0.5) is 10.5 Å². The number of carbonyl (C=O) groups is 1. The van der Waals surface area contributed by atoms with E-state index in [2.05, 4.69) is 5.32 Å². The zero-order chi connectivity index (χ0) is 15.8. The highest BCUT2D eigenvalue weighted by molar-refractivity contribution is 5.91. The SMILES string of the molecule is Cc1cc2c(cc1NC(=O)N1CCC[C@@H]1[C@@H]1CCCO1)OCO2. The maximum atomic E-state index is 12.7. The van der Waals surface area contributed by atoms with Gasteiger partial charge in [-0.25, -0.2) is 4.79 Å². The lowest BCUT2D eigenvalue weighted by Gasteiger charge is -2.29. The van der Waals surface area contributed by atoms with Crippen LogP contribution in [0.3, 0.4) is 0 Å². The highest BCUT2D eigenvalue weighted by atomic mass is 16.7. The summed E-state index contributed by atoms with van der Waals surface area (Å²) in [5.41, 5.74) is 1.74. The fraction of sp³-hybridized carbons (Fsp3) is 0.588. The molecule has 0 spiro atoms. The van der Waals surface area contributed by atoms with E-state index in [1.807, 2.05) is 24.0 Å². The van der Waals surface area contributed by atoms with Crippen molar-refractivity contribution in [2.75, 3.05) is 25.3 Å². The molecule has 1 aromatic carbocycles. The normalized spacial score (nSPS) is 25.9. The molecule has 2 saturated heterocycles. The fourth-order valence-electron chi connectivity index (χ4n) is 3.70. The second-order valence-corrected chi connectivity index (χ2v) is 6.40. The topological polar surface area (TPSA) is 60.0 Å². The molecule has 2 atom stereocenters. The molecule has 3 aliphatic heterocycles. The zero-order valence-electron chi connectivity index (χ0n) is 13.3. The van der Waals surface area contributed by atoms with Crippen LogP contribution < -0.4 is 14.8 Å². The van der Waals surface area contributed by atoms with Crippen molar-refractivity contribution in [2.24, 2.45) is 0 Å². The molecule has 3 aliphatic rings. The van der Waals surface area contributed by atoms with Gasteiger partial charge in [0.1, 0.15) is 0 Å². The lowest BCUT2D eigenvalue weighted by Crippen LogP contribution is -2.44. The molecule has 0 saturated carbocycles. The van der Waals surface area contributed by atoms with Gasteiger partial charge in [-0.1, -0.05) is 0 Å². The van der Waals surface area contributed by atoms with Crippen LogP contribution >= 0.6 is 0 Å². The van der Waals surface area contributed by atoms with Gasteiger partial charge in [-0.05, 0) is 44.2 Å². The van der Waals surface area contributed by atoms with Crippen LogP contribution in [0.25, 0.3) is 0 Å². The lowest BCUT2D eigenvalue weighted by atomic mass is 10.1. The van der Waals surface area contributed by atoms with Crippen molar-refractivity contribution in [3.8, 4) is 11.5 Å². The Kier molecular flexibility index (Phi) is 3.77. The predicted molar refractivity (Wildman–Crippen MR) is 85.0 cm³/mol. The number of urea groups is 1. The first-order chi connectivity index (χ1) is 11.2. The third-order valence-electron chi connectivity index (χ3n) is 4.92. The number of rotatable bonds is 2. The molecule has 3 heterocycles. The third-order valence-corrected chi connectivity index (χ3v) is 4.92. The molecule has 6 nitrogen and oxygen atoms in total. The quantitative estimate of drug-likeness (QED) is 0.911. The Morgan fingerprint density at radius 1 is 1.22 bits per heavy atom. The maximum absolute atomic E-state index is 12.7.